The number of benzene rings is 1. The van der Waals surface area contributed by atoms with Gasteiger partial charge in [-0.25, -0.2) is 4.98 Å². The Labute approximate surface area is 163 Å². The van der Waals surface area contributed by atoms with Crippen molar-refractivity contribution in [1.29, 1.82) is 0 Å². The summed E-state index contributed by atoms with van der Waals surface area (Å²) in [5.41, 5.74) is -0.838. The van der Waals surface area contributed by atoms with Crippen LogP contribution in [0.25, 0.3) is 10.2 Å². The molecule has 6 nitrogen and oxygen atoms in total. The predicted octanol–water partition coefficient (Wildman–Crippen LogP) is 3.12. The highest BCUT2D eigenvalue weighted by Crippen LogP contribution is 2.38. The first kappa shape index (κ1) is 19.4. The van der Waals surface area contributed by atoms with E-state index in [9.17, 15) is 18.0 Å². The highest BCUT2D eigenvalue weighted by Gasteiger charge is 2.41. The molecule has 2 saturated heterocycles. The third kappa shape index (κ3) is 3.68. The molecule has 3 heterocycles. The molecule has 0 unspecified atom stereocenters. The quantitative estimate of drug-likeness (QED) is 0.771. The Morgan fingerprint density at radius 2 is 1.96 bits per heavy atom. The van der Waals surface area contributed by atoms with E-state index in [1.165, 1.54) is 6.07 Å². The number of likely N-dealkylation sites (N-methyl/N-ethyl adjacent to an activating group) is 1. The van der Waals surface area contributed by atoms with Crippen LogP contribution in [0.1, 0.15) is 18.4 Å². The first-order valence-corrected chi connectivity index (χ1v) is 9.83. The number of para-hydroxylation sites is 1. The van der Waals surface area contributed by atoms with E-state index in [1.54, 1.807) is 22.9 Å². The molecule has 0 bridgehead atoms. The molecule has 4 rings (SSSR count). The number of thiazole rings is 1. The number of fused-ring (bicyclic) bond motifs is 1. The third-order valence-electron chi connectivity index (χ3n) is 5.10. The van der Waals surface area contributed by atoms with Crippen molar-refractivity contribution in [2.75, 3.05) is 44.8 Å². The van der Waals surface area contributed by atoms with Crippen LogP contribution in [0.2, 0.25) is 0 Å². The minimum atomic E-state index is -4.46. The molecule has 0 saturated carbocycles. The molecule has 0 radical (unpaired) electrons. The number of halogens is 3. The van der Waals surface area contributed by atoms with Crippen LogP contribution >= 0.6 is 11.3 Å². The monoisotopic (exact) mass is 415 g/mol. The highest BCUT2D eigenvalue weighted by molar-refractivity contribution is 7.22. The fourth-order valence-corrected chi connectivity index (χ4v) is 4.53. The van der Waals surface area contributed by atoms with Gasteiger partial charge in [-0.05, 0) is 12.1 Å². The van der Waals surface area contributed by atoms with Crippen LogP contribution in [0.15, 0.2) is 18.2 Å². The number of piperidine rings is 1. The third-order valence-corrected chi connectivity index (χ3v) is 6.24. The van der Waals surface area contributed by atoms with Gasteiger partial charge < -0.3 is 19.3 Å². The fraction of sp³-hybridized carbons (Fsp3) is 0.556. The van der Waals surface area contributed by atoms with Gasteiger partial charge in [-0.1, -0.05) is 17.4 Å². The van der Waals surface area contributed by atoms with E-state index in [0.29, 0.717) is 49.0 Å². The van der Waals surface area contributed by atoms with Crippen molar-refractivity contribution in [2.24, 2.45) is 0 Å². The second-order valence-corrected chi connectivity index (χ2v) is 8.00. The number of amides is 1. The highest BCUT2D eigenvalue weighted by atomic mass is 32.1. The molecule has 152 valence electrons. The van der Waals surface area contributed by atoms with Gasteiger partial charge in [0.25, 0.3) is 0 Å². The molecular formula is C18H20F3N3O3S. The summed E-state index contributed by atoms with van der Waals surface area (Å²) in [7, 11) is 1.66. The minimum Gasteiger partial charge on any atom is -0.347 e. The van der Waals surface area contributed by atoms with Gasteiger partial charge in [-0.3, -0.25) is 4.79 Å². The topological polar surface area (TPSA) is 54.9 Å². The molecule has 10 heteroatoms. The number of ether oxygens (including phenoxy) is 2. The number of rotatable bonds is 3. The molecule has 1 amide bonds. The number of carbonyl (C=O) groups excluding carboxylic acids is 1. The number of alkyl halides is 3. The molecule has 2 aromatic rings. The van der Waals surface area contributed by atoms with Crippen LogP contribution in [0, 0.1) is 0 Å². The van der Waals surface area contributed by atoms with E-state index >= 15 is 0 Å². The van der Waals surface area contributed by atoms with Crippen LogP contribution < -0.4 is 4.90 Å². The van der Waals surface area contributed by atoms with Crippen molar-refractivity contribution in [1.82, 2.24) is 9.88 Å². The standard InChI is InChI=1S/C18H20F3N3O3S/c1-23(11-14(25)24-7-5-17(6-8-24)26-9-10-27-17)16-22-15-12(18(19,20)21)3-2-4-13(15)28-16/h2-4H,5-11H2,1H3. The van der Waals surface area contributed by atoms with Crippen molar-refractivity contribution < 1.29 is 27.4 Å². The Morgan fingerprint density at radius 3 is 2.61 bits per heavy atom. The number of carbonyl (C=O) groups is 1. The molecule has 28 heavy (non-hydrogen) atoms. The lowest BCUT2D eigenvalue weighted by atomic mass is 10.0. The lowest BCUT2D eigenvalue weighted by molar-refractivity contribution is -0.187. The van der Waals surface area contributed by atoms with Crippen LogP contribution in [0.5, 0.6) is 0 Å². The molecule has 1 spiro atoms. The minimum absolute atomic E-state index is 0.0515. The van der Waals surface area contributed by atoms with Crippen LogP contribution in [0.4, 0.5) is 18.3 Å². The molecule has 0 aliphatic carbocycles. The lowest BCUT2D eigenvalue weighted by Gasteiger charge is -2.38. The van der Waals surface area contributed by atoms with Crippen molar-refractivity contribution >= 4 is 32.6 Å². The first-order valence-electron chi connectivity index (χ1n) is 9.01. The number of aromatic nitrogens is 1. The van der Waals surface area contributed by atoms with E-state index in [-0.39, 0.29) is 18.0 Å². The summed E-state index contributed by atoms with van der Waals surface area (Å²) in [6, 6.07) is 4.00. The van der Waals surface area contributed by atoms with Crippen molar-refractivity contribution in [3.63, 3.8) is 0 Å². The maximum Gasteiger partial charge on any atom is 0.418 e. The largest absolute Gasteiger partial charge is 0.418 e. The second-order valence-electron chi connectivity index (χ2n) is 6.99. The summed E-state index contributed by atoms with van der Waals surface area (Å²) in [5, 5.41) is 0.385. The van der Waals surface area contributed by atoms with Gasteiger partial charge in [0.1, 0.15) is 0 Å². The van der Waals surface area contributed by atoms with Gasteiger partial charge in [-0.2, -0.15) is 13.2 Å². The SMILES string of the molecule is CN(CC(=O)N1CCC2(CC1)OCCO2)c1nc2c(C(F)(F)F)cccc2s1. The average molecular weight is 415 g/mol. The molecule has 2 aliphatic rings. The number of anilines is 1. The molecule has 1 aromatic carbocycles. The van der Waals surface area contributed by atoms with Crippen molar-refractivity contribution in [2.45, 2.75) is 24.8 Å². The van der Waals surface area contributed by atoms with Gasteiger partial charge >= 0.3 is 6.18 Å². The molecular weight excluding hydrogens is 395 g/mol. The van der Waals surface area contributed by atoms with E-state index in [2.05, 4.69) is 4.98 Å². The zero-order chi connectivity index (χ0) is 19.9. The summed E-state index contributed by atoms with van der Waals surface area (Å²) >= 11 is 1.14. The molecule has 2 aliphatic heterocycles. The van der Waals surface area contributed by atoms with Gasteiger partial charge in [-0.15, -0.1) is 0 Å². The number of likely N-dealkylation sites (tertiary alicyclic amines) is 1. The van der Waals surface area contributed by atoms with Crippen molar-refractivity contribution in [3.8, 4) is 0 Å². The first-order chi connectivity index (χ1) is 13.3. The average Bonchev–Trinajstić information content (AvgIpc) is 3.28. The Morgan fingerprint density at radius 1 is 1.29 bits per heavy atom. The lowest BCUT2D eigenvalue weighted by Crippen LogP contribution is -2.49. The molecule has 1 aromatic heterocycles. The zero-order valence-electron chi connectivity index (χ0n) is 15.3. The van der Waals surface area contributed by atoms with Crippen LogP contribution in [-0.4, -0.2) is 61.5 Å². The Bertz CT molecular complexity index is 870. The second kappa shape index (κ2) is 7.16. The maximum absolute atomic E-state index is 13.2. The maximum atomic E-state index is 13.2. The predicted molar refractivity (Wildman–Crippen MR) is 98.3 cm³/mol. The number of nitrogens with zero attached hydrogens (tertiary/aromatic N) is 3. The summed E-state index contributed by atoms with van der Waals surface area (Å²) in [6.45, 7) is 2.27. The Hall–Kier alpha value is -1.91. The molecule has 2 fully saturated rings. The van der Waals surface area contributed by atoms with Gasteiger partial charge in [0, 0.05) is 33.0 Å². The van der Waals surface area contributed by atoms with E-state index in [1.807, 2.05) is 0 Å². The number of hydrogen-bond acceptors (Lipinski definition) is 6. The fourth-order valence-electron chi connectivity index (χ4n) is 3.58. The summed E-state index contributed by atoms with van der Waals surface area (Å²) in [4.78, 5) is 20.1. The van der Waals surface area contributed by atoms with Gasteiger partial charge in [0.15, 0.2) is 10.9 Å². The summed E-state index contributed by atoms with van der Waals surface area (Å²) < 4.78 is 51.3. The molecule has 0 atom stereocenters. The zero-order valence-corrected chi connectivity index (χ0v) is 16.1. The van der Waals surface area contributed by atoms with Gasteiger partial charge in [0.05, 0.1) is 35.5 Å². The van der Waals surface area contributed by atoms with E-state index < -0.39 is 17.5 Å². The molecule has 0 N–H and O–H groups in total. The smallest absolute Gasteiger partial charge is 0.347 e. The van der Waals surface area contributed by atoms with Crippen LogP contribution in [-0.2, 0) is 20.4 Å². The Balaban J connectivity index is 1.43. The van der Waals surface area contributed by atoms with Gasteiger partial charge in [0.2, 0.25) is 5.91 Å². The summed E-state index contributed by atoms with van der Waals surface area (Å²) in [6.07, 6.45) is -3.22. The van der Waals surface area contributed by atoms with Crippen LogP contribution in [0.3, 0.4) is 0 Å². The normalized spacial score (nSPS) is 19.5. The Kier molecular flexibility index (Phi) is 4.96. The van der Waals surface area contributed by atoms with E-state index in [4.69, 9.17) is 9.47 Å². The number of hydrogen-bond donors (Lipinski definition) is 0. The summed E-state index contributed by atoms with van der Waals surface area (Å²) in [5.74, 6) is -0.644. The van der Waals surface area contributed by atoms with Crippen molar-refractivity contribution in [3.05, 3.63) is 23.8 Å². The van der Waals surface area contributed by atoms with E-state index in [0.717, 1.165) is 17.4 Å².